The van der Waals surface area contributed by atoms with Gasteiger partial charge in [0.15, 0.2) is 4.80 Å². The molecule has 0 saturated heterocycles. The Hall–Kier alpha value is -4.85. The van der Waals surface area contributed by atoms with Crippen LogP contribution in [0.3, 0.4) is 0 Å². The van der Waals surface area contributed by atoms with E-state index in [1.807, 2.05) is 6.92 Å². The molecule has 1 aliphatic rings. The second-order valence-electron chi connectivity index (χ2n) is 8.22. The highest BCUT2D eigenvalue weighted by atomic mass is 32.1. The van der Waals surface area contributed by atoms with Gasteiger partial charge >= 0.3 is 11.7 Å². The third-order valence-electron chi connectivity index (χ3n) is 5.82. The average Bonchev–Trinajstić information content (AvgIpc) is 3.19. The Bertz CT molecular complexity index is 1700. The lowest BCUT2D eigenvalue weighted by Crippen LogP contribution is -2.39. The van der Waals surface area contributed by atoms with Gasteiger partial charge < -0.3 is 14.6 Å². The van der Waals surface area contributed by atoms with Crippen molar-refractivity contribution in [2.75, 3.05) is 13.2 Å². The SMILES string of the molecule is CCOC(=O)C1=C(C)N=c2s/c(=C\c3cc([N+](=O)[O-])cc([N+](=O)[O-])c3O)c(=O)n2[C@@H]1c1ccc(OCC)cc1. The van der Waals surface area contributed by atoms with Crippen LogP contribution in [-0.2, 0) is 9.53 Å². The summed E-state index contributed by atoms with van der Waals surface area (Å²) >= 11 is 0.901. The van der Waals surface area contributed by atoms with E-state index in [4.69, 9.17) is 9.47 Å². The summed E-state index contributed by atoms with van der Waals surface area (Å²) in [7, 11) is 0. The monoisotopic (exact) mass is 554 g/mol. The zero-order valence-corrected chi connectivity index (χ0v) is 21.8. The zero-order valence-electron chi connectivity index (χ0n) is 20.9. The summed E-state index contributed by atoms with van der Waals surface area (Å²) in [5, 5.41) is 33.1. The van der Waals surface area contributed by atoms with Gasteiger partial charge in [0.25, 0.3) is 11.2 Å². The summed E-state index contributed by atoms with van der Waals surface area (Å²) < 4.78 is 12.0. The number of carbonyl (C=O) groups is 1. The van der Waals surface area contributed by atoms with E-state index in [1.54, 1.807) is 38.1 Å². The van der Waals surface area contributed by atoms with Gasteiger partial charge in [-0.2, -0.15) is 0 Å². The van der Waals surface area contributed by atoms with E-state index in [9.17, 15) is 34.9 Å². The fourth-order valence-electron chi connectivity index (χ4n) is 4.14. The van der Waals surface area contributed by atoms with Gasteiger partial charge in [0, 0.05) is 11.6 Å². The van der Waals surface area contributed by atoms with Crippen LogP contribution in [0.25, 0.3) is 6.08 Å². The second-order valence-corrected chi connectivity index (χ2v) is 9.23. The molecule has 4 rings (SSSR count). The molecule has 0 bridgehead atoms. The molecule has 2 heterocycles. The average molecular weight is 555 g/mol. The summed E-state index contributed by atoms with van der Waals surface area (Å²) in [6.45, 7) is 5.65. The quantitative estimate of drug-likeness (QED) is 0.249. The highest BCUT2D eigenvalue weighted by molar-refractivity contribution is 7.07. The number of rotatable bonds is 8. The van der Waals surface area contributed by atoms with Crippen LogP contribution in [-0.4, -0.2) is 38.7 Å². The molecule has 0 fully saturated rings. The first kappa shape index (κ1) is 27.2. The summed E-state index contributed by atoms with van der Waals surface area (Å²) in [6.07, 6.45) is 1.12. The summed E-state index contributed by atoms with van der Waals surface area (Å²) in [5.41, 5.74) is -1.39. The number of benzene rings is 2. The largest absolute Gasteiger partial charge is 0.502 e. The Kier molecular flexibility index (Phi) is 7.58. The maximum Gasteiger partial charge on any atom is 0.338 e. The minimum absolute atomic E-state index is 0.0207. The normalized spacial score (nSPS) is 14.9. The number of aromatic nitrogens is 1. The fourth-order valence-corrected chi connectivity index (χ4v) is 5.18. The summed E-state index contributed by atoms with van der Waals surface area (Å²) in [6, 6.07) is 7.46. The van der Waals surface area contributed by atoms with Gasteiger partial charge in [-0.1, -0.05) is 23.5 Å². The maximum atomic E-state index is 13.7. The van der Waals surface area contributed by atoms with E-state index in [0.29, 0.717) is 29.7 Å². The standard InChI is InChI=1S/C25H22N4O9S/c1-4-37-17-8-6-14(7-9-17)21-20(24(32)38-5-2)13(3)26-25-27(21)23(31)19(39-25)11-15-10-16(28(33)34)12-18(22(15)30)29(35)36/h6-12,21,30H,4-5H2,1-3H3/b19-11-/t21-/m1/s1. The maximum absolute atomic E-state index is 13.7. The molecule has 1 aromatic heterocycles. The molecule has 3 aromatic rings. The highest BCUT2D eigenvalue weighted by Gasteiger charge is 2.33. The lowest BCUT2D eigenvalue weighted by Gasteiger charge is -2.24. The number of carbonyl (C=O) groups excluding carboxylic acids is 1. The highest BCUT2D eigenvalue weighted by Crippen LogP contribution is 2.35. The van der Waals surface area contributed by atoms with Crippen molar-refractivity contribution in [1.29, 1.82) is 0 Å². The van der Waals surface area contributed by atoms with Crippen LogP contribution >= 0.6 is 11.3 Å². The first-order valence-electron chi connectivity index (χ1n) is 11.7. The van der Waals surface area contributed by atoms with E-state index in [2.05, 4.69) is 4.99 Å². The number of non-ortho nitro benzene ring substituents is 1. The zero-order chi connectivity index (χ0) is 28.4. The number of allylic oxidation sites excluding steroid dienone is 1. The molecule has 0 unspecified atom stereocenters. The number of nitro groups is 2. The van der Waals surface area contributed by atoms with Crippen LogP contribution in [0, 0.1) is 20.2 Å². The van der Waals surface area contributed by atoms with Gasteiger partial charge in [0.1, 0.15) is 5.75 Å². The smallest absolute Gasteiger partial charge is 0.338 e. The number of fused-ring (bicyclic) bond motifs is 1. The number of hydrogen-bond acceptors (Lipinski definition) is 11. The van der Waals surface area contributed by atoms with Gasteiger partial charge in [-0.25, -0.2) is 9.79 Å². The third kappa shape index (κ3) is 5.13. The summed E-state index contributed by atoms with van der Waals surface area (Å²) in [5.74, 6) is -0.892. The molecule has 39 heavy (non-hydrogen) atoms. The Morgan fingerprint density at radius 2 is 1.85 bits per heavy atom. The van der Waals surface area contributed by atoms with Crippen LogP contribution in [0.2, 0.25) is 0 Å². The topological polar surface area (TPSA) is 176 Å². The van der Waals surface area contributed by atoms with Crippen molar-refractivity contribution in [3.63, 3.8) is 0 Å². The molecule has 1 atom stereocenters. The molecule has 1 aliphatic heterocycles. The molecule has 1 N–H and O–H groups in total. The van der Waals surface area contributed by atoms with E-state index >= 15 is 0 Å². The molecule has 14 heteroatoms. The van der Waals surface area contributed by atoms with Gasteiger partial charge in [-0.05, 0) is 44.5 Å². The molecular formula is C25H22N4O9S. The molecule has 202 valence electrons. The molecule has 0 radical (unpaired) electrons. The number of aromatic hydroxyl groups is 1. The first-order chi connectivity index (χ1) is 18.6. The fraction of sp³-hybridized carbons (Fsp3) is 0.240. The Balaban J connectivity index is 1.97. The number of ether oxygens (including phenoxy) is 2. The number of phenolic OH excluding ortho intramolecular Hbond substituents is 1. The molecule has 0 saturated carbocycles. The molecule has 0 spiro atoms. The predicted molar refractivity (Wildman–Crippen MR) is 139 cm³/mol. The predicted octanol–water partition coefficient (Wildman–Crippen LogP) is 2.72. The first-order valence-corrected chi connectivity index (χ1v) is 12.5. The summed E-state index contributed by atoms with van der Waals surface area (Å²) in [4.78, 5) is 52.2. The molecule has 0 amide bonds. The Morgan fingerprint density at radius 3 is 2.44 bits per heavy atom. The Morgan fingerprint density at radius 1 is 1.15 bits per heavy atom. The van der Waals surface area contributed by atoms with Gasteiger partial charge in [-0.3, -0.25) is 29.6 Å². The lowest BCUT2D eigenvalue weighted by atomic mass is 9.96. The van der Waals surface area contributed by atoms with Gasteiger partial charge in [0.05, 0.1) is 51.0 Å². The van der Waals surface area contributed by atoms with Crippen molar-refractivity contribution in [3.05, 3.63) is 98.7 Å². The van der Waals surface area contributed by atoms with E-state index in [-0.39, 0.29) is 27.1 Å². The van der Waals surface area contributed by atoms with Crippen molar-refractivity contribution in [2.24, 2.45) is 4.99 Å². The van der Waals surface area contributed by atoms with Crippen molar-refractivity contribution in [1.82, 2.24) is 4.57 Å². The van der Waals surface area contributed by atoms with Crippen molar-refractivity contribution in [3.8, 4) is 11.5 Å². The lowest BCUT2D eigenvalue weighted by molar-refractivity contribution is -0.394. The van der Waals surface area contributed by atoms with Crippen molar-refractivity contribution in [2.45, 2.75) is 26.8 Å². The molecule has 2 aromatic carbocycles. The third-order valence-corrected chi connectivity index (χ3v) is 6.80. The molecule has 13 nitrogen and oxygen atoms in total. The van der Waals surface area contributed by atoms with Crippen molar-refractivity contribution >= 4 is 34.8 Å². The molecule has 0 aliphatic carbocycles. The van der Waals surface area contributed by atoms with Crippen LogP contribution in [0.4, 0.5) is 11.4 Å². The van der Waals surface area contributed by atoms with Crippen LogP contribution in [0.15, 0.2) is 57.5 Å². The van der Waals surface area contributed by atoms with E-state index in [0.717, 1.165) is 23.5 Å². The number of phenols is 1. The minimum atomic E-state index is -0.956. The Labute approximate surface area is 223 Å². The van der Waals surface area contributed by atoms with Gasteiger partial charge in [-0.15, -0.1) is 0 Å². The number of thiazole rings is 1. The van der Waals surface area contributed by atoms with Gasteiger partial charge in [0.2, 0.25) is 5.75 Å². The van der Waals surface area contributed by atoms with Crippen LogP contribution in [0.1, 0.15) is 37.9 Å². The van der Waals surface area contributed by atoms with E-state index < -0.39 is 44.5 Å². The van der Waals surface area contributed by atoms with E-state index in [1.165, 1.54) is 4.57 Å². The number of esters is 1. The van der Waals surface area contributed by atoms with Crippen molar-refractivity contribution < 1.29 is 29.2 Å². The van der Waals surface area contributed by atoms with Crippen LogP contribution < -0.4 is 19.6 Å². The molecular weight excluding hydrogens is 532 g/mol. The van der Waals surface area contributed by atoms with Crippen LogP contribution in [0.5, 0.6) is 11.5 Å². The number of nitrogens with zero attached hydrogens (tertiary/aromatic N) is 4. The second kappa shape index (κ2) is 10.9. The number of hydrogen-bond donors (Lipinski definition) is 1. The number of nitro benzene ring substituents is 2. The minimum Gasteiger partial charge on any atom is -0.502 e.